The molecule has 0 aromatic carbocycles. The highest BCUT2D eigenvalue weighted by Crippen LogP contribution is 2.49. The maximum absolute atomic E-state index is 2.67. The van der Waals surface area contributed by atoms with Gasteiger partial charge >= 0.3 is 0 Å². The van der Waals surface area contributed by atoms with Crippen molar-refractivity contribution in [2.45, 2.75) is 46.7 Å². The second-order valence-corrected chi connectivity index (χ2v) is 5.94. The summed E-state index contributed by atoms with van der Waals surface area (Å²) >= 11 is 0. The second kappa shape index (κ2) is 3.23. The van der Waals surface area contributed by atoms with Crippen molar-refractivity contribution in [2.24, 2.45) is 29.6 Å². The maximum Gasteiger partial charge on any atom is 0.0152 e. The smallest absolute Gasteiger partial charge is 0.0152 e. The summed E-state index contributed by atoms with van der Waals surface area (Å²) in [7, 11) is 2.34. The molecule has 0 spiro atoms. The Morgan fingerprint density at radius 3 is 1.21 bits per heavy atom. The third-order valence-corrected chi connectivity index (χ3v) is 5.58. The summed E-state index contributed by atoms with van der Waals surface area (Å²) in [5.41, 5.74) is 0. The van der Waals surface area contributed by atoms with E-state index in [1.54, 1.807) is 0 Å². The molecule has 2 fully saturated rings. The molecule has 2 heterocycles. The molecule has 2 aliphatic rings. The molecule has 0 aliphatic carbocycles. The third-order valence-electron chi connectivity index (χ3n) is 5.58. The maximum atomic E-state index is 2.67. The molecule has 14 heavy (non-hydrogen) atoms. The Hall–Kier alpha value is -0.0400. The number of hydrogen-bond donors (Lipinski definition) is 0. The van der Waals surface area contributed by atoms with E-state index in [1.807, 2.05) is 0 Å². The minimum absolute atomic E-state index is 0.834. The van der Waals surface area contributed by atoms with Crippen LogP contribution in [0, 0.1) is 29.6 Å². The van der Waals surface area contributed by atoms with Crippen LogP contribution in [-0.2, 0) is 0 Å². The van der Waals surface area contributed by atoms with Crippen molar-refractivity contribution in [3.8, 4) is 0 Å². The lowest BCUT2D eigenvalue weighted by Gasteiger charge is -2.45. The van der Waals surface area contributed by atoms with Gasteiger partial charge in [-0.2, -0.15) is 0 Å². The van der Waals surface area contributed by atoms with E-state index in [9.17, 15) is 0 Å². The van der Waals surface area contributed by atoms with Gasteiger partial charge in [-0.15, -0.1) is 0 Å². The molecule has 2 saturated heterocycles. The number of fused-ring (bicyclic) bond motifs is 2. The average molecular weight is 195 g/mol. The summed E-state index contributed by atoms with van der Waals surface area (Å²) in [6.45, 7) is 12.3. The summed E-state index contributed by atoms with van der Waals surface area (Å²) < 4.78 is 0. The predicted octanol–water partition coefficient (Wildman–Crippen LogP) is 2.86. The van der Waals surface area contributed by atoms with Crippen LogP contribution in [0.25, 0.3) is 0 Å². The standard InChI is InChI=1S/C13H25N/c1-7-8(2)12-10(4)11(5)13(9(7)3)14(12)6/h7-13H,1-6H3. The first-order chi connectivity index (χ1) is 6.46. The summed E-state index contributed by atoms with van der Waals surface area (Å²) in [6.07, 6.45) is 0. The second-order valence-electron chi connectivity index (χ2n) is 5.94. The molecule has 0 amide bonds. The van der Waals surface area contributed by atoms with Gasteiger partial charge in [-0.05, 0) is 36.6 Å². The quantitative estimate of drug-likeness (QED) is 0.574. The van der Waals surface area contributed by atoms with E-state index in [-0.39, 0.29) is 0 Å². The minimum atomic E-state index is 0.834. The molecule has 1 nitrogen and oxygen atoms in total. The van der Waals surface area contributed by atoms with Gasteiger partial charge in [-0.1, -0.05) is 34.6 Å². The molecule has 6 atom stereocenters. The Bertz CT molecular complexity index is 195. The summed E-state index contributed by atoms with van der Waals surface area (Å²) in [6, 6.07) is 1.67. The molecule has 2 bridgehead atoms. The lowest BCUT2D eigenvalue weighted by atomic mass is 9.75. The van der Waals surface area contributed by atoms with Gasteiger partial charge in [0, 0.05) is 12.1 Å². The van der Waals surface area contributed by atoms with Crippen molar-refractivity contribution in [1.29, 1.82) is 0 Å². The van der Waals surface area contributed by atoms with E-state index in [4.69, 9.17) is 0 Å². The van der Waals surface area contributed by atoms with Crippen LogP contribution >= 0.6 is 0 Å². The lowest BCUT2D eigenvalue weighted by molar-refractivity contribution is 0.0259. The first-order valence-corrected chi connectivity index (χ1v) is 6.18. The van der Waals surface area contributed by atoms with Crippen LogP contribution in [-0.4, -0.2) is 24.0 Å². The molecule has 1 heteroatoms. The number of nitrogens with zero attached hydrogens (tertiary/aromatic N) is 1. The van der Waals surface area contributed by atoms with Gasteiger partial charge in [-0.25, -0.2) is 0 Å². The largest absolute Gasteiger partial charge is 0.299 e. The molecule has 0 saturated carbocycles. The van der Waals surface area contributed by atoms with Gasteiger partial charge < -0.3 is 0 Å². The monoisotopic (exact) mass is 195 g/mol. The molecule has 6 unspecified atom stereocenters. The fourth-order valence-electron chi connectivity index (χ4n) is 4.36. The minimum Gasteiger partial charge on any atom is -0.299 e. The molecular weight excluding hydrogens is 170 g/mol. The van der Waals surface area contributed by atoms with E-state index in [0.29, 0.717) is 0 Å². The first-order valence-electron chi connectivity index (χ1n) is 6.18. The van der Waals surface area contributed by atoms with Crippen molar-refractivity contribution in [2.75, 3.05) is 7.05 Å². The Morgan fingerprint density at radius 2 is 0.857 bits per heavy atom. The highest BCUT2D eigenvalue weighted by Gasteiger charge is 2.53. The molecular formula is C13H25N. The zero-order valence-corrected chi connectivity index (χ0v) is 10.5. The first kappa shape index (κ1) is 10.5. The van der Waals surface area contributed by atoms with E-state index in [0.717, 1.165) is 41.7 Å². The average Bonchev–Trinajstić information content (AvgIpc) is 2.32. The summed E-state index contributed by atoms with van der Waals surface area (Å²) in [5, 5.41) is 0. The number of rotatable bonds is 0. The Labute approximate surface area is 88.9 Å². The van der Waals surface area contributed by atoms with Gasteiger partial charge in [0.25, 0.3) is 0 Å². The van der Waals surface area contributed by atoms with Gasteiger partial charge in [0.2, 0.25) is 0 Å². The molecule has 0 radical (unpaired) electrons. The van der Waals surface area contributed by atoms with Crippen molar-refractivity contribution < 1.29 is 0 Å². The zero-order valence-electron chi connectivity index (χ0n) is 10.5. The van der Waals surface area contributed by atoms with E-state index in [1.165, 1.54) is 0 Å². The molecule has 0 aromatic heterocycles. The Morgan fingerprint density at radius 1 is 0.571 bits per heavy atom. The van der Waals surface area contributed by atoms with Crippen molar-refractivity contribution in [3.63, 3.8) is 0 Å². The van der Waals surface area contributed by atoms with Crippen molar-refractivity contribution in [1.82, 2.24) is 4.90 Å². The Balaban J connectivity index is 2.34. The third kappa shape index (κ3) is 1.11. The normalized spacial score (nSPS) is 59.1. The Kier molecular flexibility index (Phi) is 2.42. The highest BCUT2D eigenvalue weighted by molar-refractivity contribution is 5.05. The molecule has 2 rings (SSSR count). The van der Waals surface area contributed by atoms with Crippen molar-refractivity contribution >= 4 is 0 Å². The van der Waals surface area contributed by atoms with E-state index >= 15 is 0 Å². The fourth-order valence-corrected chi connectivity index (χ4v) is 4.36. The van der Waals surface area contributed by atoms with Crippen LogP contribution in [0.15, 0.2) is 0 Å². The topological polar surface area (TPSA) is 3.24 Å². The SMILES string of the molecule is CC1C(C)C2C(C)C(C)C(C1C)N2C. The summed E-state index contributed by atoms with van der Waals surface area (Å²) in [5.74, 6) is 4.39. The number of hydrogen-bond acceptors (Lipinski definition) is 1. The van der Waals surface area contributed by atoms with Crippen LogP contribution in [0.3, 0.4) is 0 Å². The molecule has 82 valence electrons. The van der Waals surface area contributed by atoms with Crippen molar-refractivity contribution in [3.05, 3.63) is 0 Å². The summed E-state index contributed by atoms with van der Waals surface area (Å²) in [4.78, 5) is 2.67. The van der Waals surface area contributed by atoms with Gasteiger partial charge in [0.05, 0.1) is 0 Å². The molecule has 0 aromatic rings. The fraction of sp³-hybridized carbons (Fsp3) is 1.00. The van der Waals surface area contributed by atoms with E-state index < -0.39 is 0 Å². The highest BCUT2D eigenvalue weighted by atomic mass is 15.2. The van der Waals surface area contributed by atoms with Crippen LogP contribution < -0.4 is 0 Å². The van der Waals surface area contributed by atoms with Crippen LogP contribution in [0.1, 0.15) is 34.6 Å². The van der Waals surface area contributed by atoms with Gasteiger partial charge in [-0.3, -0.25) is 4.90 Å². The molecule has 2 aliphatic heterocycles. The van der Waals surface area contributed by atoms with Crippen LogP contribution in [0.2, 0.25) is 0 Å². The van der Waals surface area contributed by atoms with Gasteiger partial charge in [0.15, 0.2) is 0 Å². The molecule has 0 N–H and O–H groups in total. The van der Waals surface area contributed by atoms with E-state index in [2.05, 4.69) is 46.6 Å². The predicted molar refractivity (Wildman–Crippen MR) is 61.2 cm³/mol. The van der Waals surface area contributed by atoms with Gasteiger partial charge in [0.1, 0.15) is 0 Å². The number of piperidine rings is 1. The lowest BCUT2D eigenvalue weighted by Crippen LogP contribution is -2.50. The van der Waals surface area contributed by atoms with Crippen LogP contribution in [0.4, 0.5) is 0 Å². The zero-order chi connectivity index (χ0) is 10.6. The van der Waals surface area contributed by atoms with Crippen LogP contribution in [0.5, 0.6) is 0 Å².